The molecule has 2 aromatic rings. The van der Waals surface area contributed by atoms with Crippen LogP contribution < -0.4 is 0 Å². The molecule has 1 heterocycles. The molecule has 0 aliphatic carbocycles. The van der Waals surface area contributed by atoms with Crippen molar-refractivity contribution in [3.63, 3.8) is 0 Å². The zero-order chi connectivity index (χ0) is 7.84. The first-order valence-corrected chi connectivity index (χ1v) is 3.67. The van der Waals surface area contributed by atoms with Crippen molar-refractivity contribution in [2.75, 3.05) is 0 Å². The monoisotopic (exact) mass is 165 g/mol. The Kier molecular flexibility index (Phi) is 1.36. The molecule has 0 atom stereocenters. The lowest BCUT2D eigenvalue weighted by molar-refractivity contribution is 1.32. The number of hydrogen-bond acceptors (Lipinski definition) is 1. The summed E-state index contributed by atoms with van der Waals surface area (Å²) in [6, 6.07) is 3.79. The Labute approximate surface area is 69.2 Å². The molecule has 3 heteroatoms. The van der Waals surface area contributed by atoms with Gasteiger partial charge in [0.15, 0.2) is 6.33 Å². The molecule has 0 saturated heterocycles. The zero-order valence-corrected chi connectivity index (χ0v) is 6.74. The molecule has 0 saturated carbocycles. The number of imidazole rings is 1. The minimum absolute atomic E-state index is 0.748. The van der Waals surface area contributed by atoms with Gasteiger partial charge in [0.2, 0.25) is 0 Å². The standard InChI is InChI=1S/C8H6ClN2/c1-5-2-7-8(3-6(5)9)11-4-10-7/h2-3H,1H3,(H,10,11). The summed E-state index contributed by atoms with van der Waals surface area (Å²) in [5, 5.41) is 0.748. The van der Waals surface area contributed by atoms with E-state index in [1.165, 1.54) is 0 Å². The van der Waals surface area contributed by atoms with Crippen LogP contribution in [0.25, 0.3) is 11.0 Å². The summed E-state index contributed by atoms with van der Waals surface area (Å²) < 4.78 is 0. The number of rotatable bonds is 0. The van der Waals surface area contributed by atoms with E-state index in [-0.39, 0.29) is 0 Å². The van der Waals surface area contributed by atoms with E-state index in [1.54, 1.807) is 0 Å². The molecular formula is C8H6ClN2. The molecule has 0 aliphatic rings. The van der Waals surface area contributed by atoms with Gasteiger partial charge in [-0.05, 0) is 24.6 Å². The summed E-state index contributed by atoms with van der Waals surface area (Å²) in [6.45, 7) is 1.96. The van der Waals surface area contributed by atoms with Crippen LogP contribution in [0.1, 0.15) is 5.56 Å². The van der Waals surface area contributed by atoms with Gasteiger partial charge in [0, 0.05) is 5.02 Å². The molecule has 1 N–H and O–H groups in total. The van der Waals surface area contributed by atoms with E-state index in [0.29, 0.717) is 0 Å². The highest BCUT2D eigenvalue weighted by atomic mass is 35.5. The molecular weight excluding hydrogens is 160 g/mol. The van der Waals surface area contributed by atoms with Crippen molar-refractivity contribution in [3.8, 4) is 0 Å². The van der Waals surface area contributed by atoms with Crippen molar-refractivity contribution in [2.45, 2.75) is 6.92 Å². The average molecular weight is 166 g/mol. The Morgan fingerprint density at radius 2 is 2.36 bits per heavy atom. The summed E-state index contributed by atoms with van der Waals surface area (Å²) in [5.74, 6) is 0. The summed E-state index contributed by atoms with van der Waals surface area (Å²) in [6.07, 6.45) is 2.66. The third kappa shape index (κ3) is 0.994. The van der Waals surface area contributed by atoms with Crippen molar-refractivity contribution >= 4 is 22.6 Å². The summed E-state index contributed by atoms with van der Waals surface area (Å²) >= 11 is 5.88. The molecule has 0 fully saturated rings. The van der Waals surface area contributed by atoms with Crippen LogP contribution in [0.15, 0.2) is 12.1 Å². The van der Waals surface area contributed by atoms with Crippen LogP contribution in [0.2, 0.25) is 5.02 Å². The number of benzene rings is 1. The van der Waals surface area contributed by atoms with E-state index >= 15 is 0 Å². The Hall–Kier alpha value is -1.02. The van der Waals surface area contributed by atoms with Crippen molar-refractivity contribution in [1.82, 2.24) is 9.97 Å². The fourth-order valence-electron chi connectivity index (χ4n) is 1.01. The molecule has 0 unspecified atom stereocenters. The van der Waals surface area contributed by atoms with Gasteiger partial charge in [-0.25, -0.2) is 4.98 Å². The van der Waals surface area contributed by atoms with Gasteiger partial charge >= 0.3 is 0 Å². The van der Waals surface area contributed by atoms with Gasteiger partial charge in [-0.15, -0.1) is 0 Å². The number of H-pyrrole nitrogens is 1. The molecule has 1 aromatic heterocycles. The second-order valence-electron chi connectivity index (χ2n) is 2.47. The van der Waals surface area contributed by atoms with Crippen LogP contribution >= 0.6 is 11.6 Å². The van der Waals surface area contributed by atoms with Crippen molar-refractivity contribution in [1.29, 1.82) is 0 Å². The van der Waals surface area contributed by atoms with Gasteiger partial charge in [-0.3, -0.25) is 0 Å². The maximum Gasteiger partial charge on any atom is 0.174 e. The fraction of sp³-hybridized carbons (Fsp3) is 0.125. The molecule has 0 aliphatic heterocycles. The Balaban J connectivity index is 2.86. The highest BCUT2D eigenvalue weighted by Gasteiger charge is 1.99. The largest absolute Gasteiger partial charge is 0.335 e. The molecule has 0 spiro atoms. The predicted octanol–water partition coefficient (Wildman–Crippen LogP) is 2.32. The van der Waals surface area contributed by atoms with Gasteiger partial charge in [-0.2, -0.15) is 0 Å². The molecule has 55 valence electrons. The second-order valence-corrected chi connectivity index (χ2v) is 2.87. The number of aromatic nitrogens is 2. The molecule has 1 radical (unpaired) electrons. The van der Waals surface area contributed by atoms with Crippen LogP contribution in [0.5, 0.6) is 0 Å². The highest BCUT2D eigenvalue weighted by Crippen LogP contribution is 2.20. The smallest absolute Gasteiger partial charge is 0.174 e. The second kappa shape index (κ2) is 2.24. The third-order valence-electron chi connectivity index (χ3n) is 1.64. The predicted molar refractivity (Wildman–Crippen MR) is 44.7 cm³/mol. The van der Waals surface area contributed by atoms with Crippen LogP contribution in [-0.2, 0) is 0 Å². The molecule has 0 amide bonds. The Morgan fingerprint density at radius 1 is 1.55 bits per heavy atom. The average Bonchev–Trinajstić information content (AvgIpc) is 2.36. The molecule has 0 bridgehead atoms. The molecule has 2 nitrogen and oxygen atoms in total. The highest BCUT2D eigenvalue weighted by molar-refractivity contribution is 6.32. The summed E-state index contributed by atoms with van der Waals surface area (Å²) in [4.78, 5) is 6.85. The van der Waals surface area contributed by atoms with E-state index in [0.717, 1.165) is 21.6 Å². The summed E-state index contributed by atoms with van der Waals surface area (Å²) in [5.41, 5.74) is 2.89. The van der Waals surface area contributed by atoms with Crippen LogP contribution in [0.3, 0.4) is 0 Å². The molecule has 1 aromatic carbocycles. The maximum absolute atomic E-state index is 5.88. The van der Waals surface area contributed by atoms with Crippen molar-refractivity contribution < 1.29 is 0 Å². The first-order chi connectivity index (χ1) is 5.27. The van der Waals surface area contributed by atoms with Gasteiger partial charge in [0.05, 0.1) is 11.0 Å². The van der Waals surface area contributed by atoms with E-state index in [1.807, 2.05) is 19.1 Å². The van der Waals surface area contributed by atoms with E-state index < -0.39 is 0 Å². The number of nitrogens with zero attached hydrogens (tertiary/aromatic N) is 1. The number of aryl methyl sites for hydroxylation is 1. The number of aromatic amines is 1. The lowest BCUT2D eigenvalue weighted by atomic mass is 10.2. The van der Waals surface area contributed by atoms with E-state index in [9.17, 15) is 0 Å². The number of nitrogens with one attached hydrogen (secondary N) is 1. The SMILES string of the molecule is Cc1cc2[nH][c]nc2cc1Cl. The summed E-state index contributed by atoms with van der Waals surface area (Å²) in [7, 11) is 0. The Morgan fingerprint density at radius 3 is 3.18 bits per heavy atom. The normalized spacial score (nSPS) is 10.7. The quantitative estimate of drug-likeness (QED) is 0.638. The van der Waals surface area contributed by atoms with Crippen LogP contribution in [-0.4, -0.2) is 9.97 Å². The lowest BCUT2D eigenvalue weighted by Crippen LogP contribution is -1.75. The number of fused-ring (bicyclic) bond motifs is 1. The Bertz CT molecular complexity index is 356. The number of halogens is 1. The first-order valence-electron chi connectivity index (χ1n) is 3.29. The fourth-order valence-corrected chi connectivity index (χ4v) is 1.17. The minimum Gasteiger partial charge on any atom is -0.335 e. The zero-order valence-electron chi connectivity index (χ0n) is 5.98. The van der Waals surface area contributed by atoms with Gasteiger partial charge in [-0.1, -0.05) is 11.6 Å². The molecule has 2 rings (SSSR count). The van der Waals surface area contributed by atoms with Gasteiger partial charge in [0.1, 0.15) is 0 Å². The minimum atomic E-state index is 0.748. The third-order valence-corrected chi connectivity index (χ3v) is 2.05. The van der Waals surface area contributed by atoms with Crippen LogP contribution in [0.4, 0.5) is 0 Å². The topological polar surface area (TPSA) is 28.7 Å². The van der Waals surface area contributed by atoms with Crippen molar-refractivity contribution in [3.05, 3.63) is 29.0 Å². The maximum atomic E-state index is 5.88. The lowest BCUT2D eigenvalue weighted by Gasteiger charge is -1.95. The number of hydrogen-bond donors (Lipinski definition) is 1. The first kappa shape index (κ1) is 6.68. The van der Waals surface area contributed by atoms with E-state index in [4.69, 9.17) is 11.6 Å². The van der Waals surface area contributed by atoms with Crippen molar-refractivity contribution in [2.24, 2.45) is 0 Å². The van der Waals surface area contributed by atoms with Crippen LogP contribution in [0, 0.1) is 13.3 Å². The van der Waals surface area contributed by atoms with Gasteiger partial charge in [0.25, 0.3) is 0 Å². The van der Waals surface area contributed by atoms with E-state index in [2.05, 4.69) is 16.3 Å². The van der Waals surface area contributed by atoms with Gasteiger partial charge < -0.3 is 4.98 Å². The molecule has 11 heavy (non-hydrogen) atoms.